The highest BCUT2D eigenvalue weighted by molar-refractivity contribution is 5.00. The van der Waals surface area contributed by atoms with Crippen LogP contribution in [0.25, 0.3) is 0 Å². The van der Waals surface area contributed by atoms with Crippen molar-refractivity contribution < 1.29 is 4.74 Å². The molecule has 2 saturated carbocycles. The molecule has 0 N–H and O–H groups in total. The van der Waals surface area contributed by atoms with E-state index in [1.54, 1.807) is 0 Å². The van der Waals surface area contributed by atoms with E-state index in [4.69, 9.17) is 4.74 Å². The van der Waals surface area contributed by atoms with Crippen molar-refractivity contribution in [2.45, 2.75) is 57.2 Å². The van der Waals surface area contributed by atoms with Crippen LogP contribution in [-0.4, -0.2) is 12.2 Å². The molecule has 3 rings (SSSR count). The van der Waals surface area contributed by atoms with Gasteiger partial charge in [-0.1, -0.05) is 32.1 Å². The second-order valence-electron chi connectivity index (χ2n) is 4.78. The smallest absolute Gasteiger partial charge is 0.0872 e. The number of rotatable bonds is 1. The van der Waals surface area contributed by atoms with Crippen LogP contribution in [0.15, 0.2) is 0 Å². The summed E-state index contributed by atoms with van der Waals surface area (Å²) in [5.74, 6) is 2.01. The highest BCUT2D eigenvalue weighted by atomic mass is 16.6. The summed E-state index contributed by atoms with van der Waals surface area (Å²) >= 11 is 0. The van der Waals surface area contributed by atoms with E-state index in [2.05, 4.69) is 0 Å². The van der Waals surface area contributed by atoms with E-state index < -0.39 is 0 Å². The van der Waals surface area contributed by atoms with Gasteiger partial charge in [0, 0.05) is 0 Å². The van der Waals surface area contributed by atoms with Gasteiger partial charge in [-0.25, -0.2) is 0 Å². The third-order valence-electron chi connectivity index (χ3n) is 4.08. The highest BCUT2D eigenvalue weighted by Crippen LogP contribution is 2.49. The van der Waals surface area contributed by atoms with Gasteiger partial charge in [-0.05, 0) is 24.7 Å². The second-order valence-corrected chi connectivity index (χ2v) is 4.78. The summed E-state index contributed by atoms with van der Waals surface area (Å²) in [6.07, 6.45) is 11.7. The Balaban J connectivity index is 1.63. The molecule has 2 aliphatic carbocycles. The SMILES string of the molecule is C1CCC(C2CCC3OC32)CC1. The summed E-state index contributed by atoms with van der Waals surface area (Å²) in [4.78, 5) is 0. The van der Waals surface area contributed by atoms with Gasteiger partial charge in [0.1, 0.15) is 0 Å². The maximum Gasteiger partial charge on any atom is 0.0872 e. The molecule has 1 nitrogen and oxygen atoms in total. The quantitative estimate of drug-likeness (QED) is 0.546. The zero-order valence-corrected chi connectivity index (χ0v) is 7.67. The fraction of sp³-hybridized carbons (Fsp3) is 1.00. The molecule has 1 heteroatoms. The Bertz CT molecular complexity index is 172. The molecular weight excluding hydrogens is 148 g/mol. The van der Waals surface area contributed by atoms with Gasteiger partial charge in [0.2, 0.25) is 0 Å². The van der Waals surface area contributed by atoms with E-state index in [-0.39, 0.29) is 0 Å². The van der Waals surface area contributed by atoms with Gasteiger partial charge in [0.15, 0.2) is 0 Å². The summed E-state index contributed by atoms with van der Waals surface area (Å²) < 4.78 is 5.62. The molecule has 0 aromatic carbocycles. The lowest BCUT2D eigenvalue weighted by atomic mass is 9.79. The Labute approximate surface area is 74.5 Å². The Morgan fingerprint density at radius 1 is 0.833 bits per heavy atom. The van der Waals surface area contributed by atoms with Crippen molar-refractivity contribution in [3.05, 3.63) is 0 Å². The number of hydrogen-bond donors (Lipinski definition) is 0. The Morgan fingerprint density at radius 3 is 2.25 bits per heavy atom. The molecule has 0 spiro atoms. The third kappa shape index (κ3) is 1.10. The molecule has 0 aromatic rings. The summed E-state index contributed by atoms with van der Waals surface area (Å²) in [6.45, 7) is 0. The highest BCUT2D eigenvalue weighted by Gasteiger charge is 2.52. The standard InChI is InChI=1S/C11H18O/c1-2-4-8(5-3-1)9-6-7-10-11(9)12-10/h8-11H,1-7H2. The first-order valence-corrected chi connectivity index (χ1v) is 5.60. The van der Waals surface area contributed by atoms with Gasteiger partial charge in [-0.3, -0.25) is 0 Å². The predicted octanol–water partition coefficient (Wildman–Crippen LogP) is 2.74. The summed E-state index contributed by atoms with van der Waals surface area (Å²) in [6, 6.07) is 0. The number of ether oxygens (including phenoxy) is 1. The molecule has 12 heavy (non-hydrogen) atoms. The first-order valence-electron chi connectivity index (χ1n) is 5.60. The maximum atomic E-state index is 5.62. The van der Waals surface area contributed by atoms with Crippen molar-refractivity contribution in [2.24, 2.45) is 11.8 Å². The number of hydrogen-bond acceptors (Lipinski definition) is 1. The molecule has 68 valence electrons. The fourth-order valence-corrected chi connectivity index (χ4v) is 3.35. The van der Waals surface area contributed by atoms with Gasteiger partial charge < -0.3 is 4.74 Å². The summed E-state index contributed by atoms with van der Waals surface area (Å²) in [5.41, 5.74) is 0. The zero-order valence-electron chi connectivity index (χ0n) is 7.67. The van der Waals surface area contributed by atoms with E-state index >= 15 is 0 Å². The van der Waals surface area contributed by atoms with Gasteiger partial charge in [-0.15, -0.1) is 0 Å². The molecule has 1 saturated heterocycles. The number of epoxide rings is 1. The molecule has 1 heterocycles. The van der Waals surface area contributed by atoms with Crippen molar-refractivity contribution in [3.63, 3.8) is 0 Å². The molecule has 0 radical (unpaired) electrons. The Hall–Kier alpha value is -0.0400. The Morgan fingerprint density at radius 2 is 1.67 bits per heavy atom. The normalized spacial score (nSPS) is 47.5. The van der Waals surface area contributed by atoms with Crippen LogP contribution in [0.2, 0.25) is 0 Å². The van der Waals surface area contributed by atoms with Crippen LogP contribution in [0, 0.1) is 11.8 Å². The van der Waals surface area contributed by atoms with E-state index in [0.29, 0.717) is 12.2 Å². The van der Waals surface area contributed by atoms with E-state index in [0.717, 1.165) is 11.8 Å². The van der Waals surface area contributed by atoms with E-state index in [9.17, 15) is 0 Å². The van der Waals surface area contributed by atoms with Crippen molar-refractivity contribution in [1.82, 2.24) is 0 Å². The van der Waals surface area contributed by atoms with Crippen LogP contribution < -0.4 is 0 Å². The maximum absolute atomic E-state index is 5.62. The molecular formula is C11H18O. The first-order chi connectivity index (χ1) is 5.95. The average Bonchev–Trinajstić information content (AvgIpc) is 2.80. The molecule has 3 aliphatic rings. The number of fused-ring (bicyclic) bond motifs is 1. The second kappa shape index (κ2) is 2.73. The first kappa shape index (κ1) is 7.37. The largest absolute Gasteiger partial charge is 0.369 e. The van der Waals surface area contributed by atoms with Crippen LogP contribution in [0.5, 0.6) is 0 Å². The summed E-state index contributed by atoms with van der Waals surface area (Å²) in [5, 5.41) is 0. The molecule has 3 atom stereocenters. The fourth-order valence-electron chi connectivity index (χ4n) is 3.35. The Kier molecular flexibility index (Phi) is 1.68. The summed E-state index contributed by atoms with van der Waals surface area (Å²) in [7, 11) is 0. The monoisotopic (exact) mass is 166 g/mol. The van der Waals surface area contributed by atoms with Crippen molar-refractivity contribution in [3.8, 4) is 0 Å². The van der Waals surface area contributed by atoms with Crippen LogP contribution in [0.3, 0.4) is 0 Å². The average molecular weight is 166 g/mol. The van der Waals surface area contributed by atoms with Gasteiger partial charge in [0.05, 0.1) is 12.2 Å². The van der Waals surface area contributed by atoms with E-state index in [1.807, 2.05) is 0 Å². The molecule has 0 bridgehead atoms. The molecule has 0 amide bonds. The molecule has 3 unspecified atom stereocenters. The van der Waals surface area contributed by atoms with E-state index in [1.165, 1.54) is 44.9 Å². The predicted molar refractivity (Wildman–Crippen MR) is 48.0 cm³/mol. The third-order valence-corrected chi connectivity index (χ3v) is 4.08. The molecule has 0 aromatic heterocycles. The molecule has 1 aliphatic heterocycles. The van der Waals surface area contributed by atoms with Crippen LogP contribution in [0.1, 0.15) is 44.9 Å². The van der Waals surface area contributed by atoms with Crippen molar-refractivity contribution >= 4 is 0 Å². The van der Waals surface area contributed by atoms with Crippen LogP contribution in [0.4, 0.5) is 0 Å². The van der Waals surface area contributed by atoms with Gasteiger partial charge >= 0.3 is 0 Å². The van der Waals surface area contributed by atoms with Crippen molar-refractivity contribution in [1.29, 1.82) is 0 Å². The minimum atomic E-state index is 0.705. The lowest BCUT2D eigenvalue weighted by molar-refractivity contribution is 0.175. The minimum absolute atomic E-state index is 0.705. The van der Waals surface area contributed by atoms with Gasteiger partial charge in [-0.2, -0.15) is 0 Å². The van der Waals surface area contributed by atoms with Crippen molar-refractivity contribution in [2.75, 3.05) is 0 Å². The van der Waals surface area contributed by atoms with Crippen LogP contribution >= 0.6 is 0 Å². The molecule has 3 fully saturated rings. The lowest BCUT2D eigenvalue weighted by Gasteiger charge is -2.27. The topological polar surface area (TPSA) is 12.5 Å². The van der Waals surface area contributed by atoms with Gasteiger partial charge in [0.25, 0.3) is 0 Å². The van der Waals surface area contributed by atoms with Crippen LogP contribution in [-0.2, 0) is 4.74 Å². The zero-order chi connectivity index (χ0) is 7.97. The minimum Gasteiger partial charge on any atom is -0.369 e. The lowest BCUT2D eigenvalue weighted by Crippen LogP contribution is -2.20.